The molecule has 0 fully saturated rings. The van der Waals surface area contributed by atoms with E-state index >= 15 is 0 Å². The lowest BCUT2D eigenvalue weighted by Crippen LogP contribution is -2.37. The summed E-state index contributed by atoms with van der Waals surface area (Å²) in [6, 6.07) is 0. The van der Waals surface area contributed by atoms with Gasteiger partial charge in [0.25, 0.3) is 0 Å². The molecule has 0 amide bonds. The van der Waals surface area contributed by atoms with Gasteiger partial charge in [-0.25, -0.2) is 4.57 Å². The van der Waals surface area contributed by atoms with Crippen LogP contribution in [0, 0.1) is 0 Å². The smallest absolute Gasteiger partial charge is 0.457 e. The van der Waals surface area contributed by atoms with Gasteiger partial charge in [0.05, 0.1) is 34.4 Å². The van der Waals surface area contributed by atoms with Crippen molar-refractivity contribution < 1.29 is 37.3 Å². The summed E-state index contributed by atoms with van der Waals surface area (Å²) in [6.07, 6.45) is 54.7. The Morgan fingerprint density at radius 2 is 0.951 bits per heavy atom. The number of allylic oxidation sites excluding steroid dienone is 6. The molecule has 0 aromatic rings. The van der Waals surface area contributed by atoms with Crippen molar-refractivity contribution in [3.8, 4) is 0 Å². The first-order chi connectivity index (χ1) is 29.6. The highest BCUT2D eigenvalue weighted by molar-refractivity contribution is 7.47. The van der Waals surface area contributed by atoms with Gasteiger partial charge < -0.3 is 18.9 Å². The Kier molecular flexibility index (Phi) is 44.3. The second-order valence-corrected chi connectivity index (χ2v) is 20.0. The molecule has 0 aliphatic carbocycles. The fourth-order valence-corrected chi connectivity index (χ4v) is 8.02. The van der Waals surface area contributed by atoms with Gasteiger partial charge in [-0.3, -0.25) is 13.8 Å². The van der Waals surface area contributed by atoms with Crippen molar-refractivity contribution in [2.45, 2.75) is 238 Å². The Labute approximate surface area is 378 Å². The molecule has 9 heteroatoms. The molecule has 2 unspecified atom stereocenters. The van der Waals surface area contributed by atoms with E-state index in [2.05, 4.69) is 50.3 Å². The highest BCUT2D eigenvalue weighted by atomic mass is 31.2. The average Bonchev–Trinajstić information content (AvgIpc) is 3.22. The molecule has 2 atom stereocenters. The zero-order valence-electron chi connectivity index (χ0n) is 40.9. The third-order valence-corrected chi connectivity index (χ3v) is 12.2. The summed E-state index contributed by atoms with van der Waals surface area (Å²) in [5, 5.41) is 0. The maximum atomic E-state index is 12.8. The third kappa shape index (κ3) is 49.6. The number of ether oxygens (including phenoxy) is 2. The number of carbonyl (C=O) groups excluding carboxylic acids is 1. The van der Waals surface area contributed by atoms with Gasteiger partial charge in [0.1, 0.15) is 19.3 Å². The molecule has 0 heterocycles. The lowest BCUT2D eigenvalue weighted by molar-refractivity contribution is -0.870. The number of nitrogens with zero attached hydrogens (tertiary/aromatic N) is 1. The first-order valence-corrected chi connectivity index (χ1v) is 27.2. The summed E-state index contributed by atoms with van der Waals surface area (Å²) >= 11 is 0. The average molecular weight is 883 g/mol. The van der Waals surface area contributed by atoms with E-state index in [1.54, 1.807) is 0 Å². The maximum absolute atomic E-state index is 12.8. The van der Waals surface area contributed by atoms with Crippen LogP contribution in [0.2, 0.25) is 0 Å². The number of likely N-dealkylation sites (N-methyl/N-ethyl adjacent to an activating group) is 1. The van der Waals surface area contributed by atoms with Gasteiger partial charge in [-0.05, 0) is 44.9 Å². The number of esters is 1. The van der Waals surface area contributed by atoms with Gasteiger partial charge in [0.2, 0.25) is 0 Å². The van der Waals surface area contributed by atoms with Crippen LogP contribution in [0.25, 0.3) is 0 Å². The van der Waals surface area contributed by atoms with Gasteiger partial charge in [-0.2, -0.15) is 0 Å². The molecule has 0 aromatic heterocycles. The van der Waals surface area contributed by atoms with Gasteiger partial charge in [-0.1, -0.05) is 217 Å². The first kappa shape index (κ1) is 59.7. The van der Waals surface area contributed by atoms with Crippen LogP contribution in [0.4, 0.5) is 0 Å². The molecule has 1 N–H and O–H groups in total. The van der Waals surface area contributed by atoms with Crippen molar-refractivity contribution in [1.82, 2.24) is 0 Å². The van der Waals surface area contributed by atoms with Crippen molar-refractivity contribution in [2.24, 2.45) is 0 Å². The normalized spacial score (nSPS) is 13.9. The molecule has 0 radical (unpaired) electrons. The minimum atomic E-state index is -4.28. The van der Waals surface area contributed by atoms with Crippen molar-refractivity contribution in [3.63, 3.8) is 0 Å². The van der Waals surface area contributed by atoms with Crippen LogP contribution in [0.3, 0.4) is 0 Å². The van der Waals surface area contributed by atoms with Crippen LogP contribution < -0.4 is 0 Å². The Morgan fingerprint density at radius 1 is 0.525 bits per heavy atom. The fourth-order valence-electron chi connectivity index (χ4n) is 7.28. The Morgan fingerprint density at radius 3 is 1.43 bits per heavy atom. The number of unbranched alkanes of at least 4 members (excludes halogenated alkanes) is 28. The minimum Gasteiger partial charge on any atom is -0.457 e. The van der Waals surface area contributed by atoms with Crippen molar-refractivity contribution in [1.29, 1.82) is 0 Å². The van der Waals surface area contributed by atoms with Crippen LogP contribution in [0.15, 0.2) is 36.5 Å². The summed E-state index contributed by atoms with van der Waals surface area (Å²) in [4.78, 5) is 23.0. The van der Waals surface area contributed by atoms with Crippen molar-refractivity contribution in [2.75, 3.05) is 54.1 Å². The number of quaternary nitrogens is 1. The van der Waals surface area contributed by atoms with Crippen LogP contribution in [-0.2, 0) is 27.9 Å². The molecule has 0 rings (SSSR count). The van der Waals surface area contributed by atoms with Crippen molar-refractivity contribution in [3.05, 3.63) is 36.5 Å². The van der Waals surface area contributed by atoms with E-state index in [1.165, 1.54) is 161 Å². The maximum Gasteiger partial charge on any atom is 0.472 e. The van der Waals surface area contributed by atoms with Crippen LogP contribution in [-0.4, -0.2) is 75.6 Å². The van der Waals surface area contributed by atoms with Crippen molar-refractivity contribution >= 4 is 13.8 Å². The molecule has 0 saturated carbocycles. The van der Waals surface area contributed by atoms with Gasteiger partial charge >= 0.3 is 13.8 Å². The Balaban J connectivity index is 4.12. The van der Waals surface area contributed by atoms with E-state index in [0.717, 1.165) is 51.4 Å². The monoisotopic (exact) mass is 883 g/mol. The van der Waals surface area contributed by atoms with E-state index in [-0.39, 0.29) is 25.8 Å². The summed E-state index contributed by atoms with van der Waals surface area (Å²) in [6.45, 7) is 5.54. The number of hydrogen-bond acceptors (Lipinski definition) is 6. The van der Waals surface area contributed by atoms with Gasteiger partial charge in [0, 0.05) is 13.0 Å². The molecule has 0 aliphatic heterocycles. The number of rotatable bonds is 48. The standard InChI is InChI=1S/C52H100NO7P/c1-6-8-10-12-14-16-18-20-22-24-26-27-28-29-31-33-35-37-39-41-43-45-52(54)60-51(50-59-61(55,56)58-48-46-53(3,4)5)49-57-47-44-42-40-38-36-34-32-30-25-23-21-19-17-15-13-11-9-7-2/h9,11,15,17,21,23,51H,6-8,10,12-14,16,18-20,22,24-50H2,1-5H3/p+1/b11-9-,17-15-,23-21-. The highest BCUT2D eigenvalue weighted by Gasteiger charge is 2.26. The largest absolute Gasteiger partial charge is 0.472 e. The molecular weight excluding hydrogens is 782 g/mol. The SMILES string of the molecule is CC/C=C\C/C=C\C/C=C\CCCCCCCCCCOCC(COP(=O)(O)OCC[N+](C)(C)C)OC(=O)CCCCCCCCCCCCCCCCCCCCCCC. The number of carbonyl (C=O) groups is 1. The molecule has 0 aromatic carbocycles. The van der Waals surface area contributed by atoms with E-state index in [0.29, 0.717) is 24.1 Å². The van der Waals surface area contributed by atoms with Gasteiger partial charge in [0.15, 0.2) is 0 Å². The summed E-state index contributed by atoms with van der Waals surface area (Å²) in [5.41, 5.74) is 0. The number of hydrogen-bond donors (Lipinski definition) is 1. The van der Waals surface area contributed by atoms with Crippen LogP contribution in [0.5, 0.6) is 0 Å². The minimum absolute atomic E-state index is 0.0882. The molecule has 0 saturated heterocycles. The Bertz CT molecular complexity index is 1070. The predicted octanol–water partition coefficient (Wildman–Crippen LogP) is 15.7. The van der Waals surface area contributed by atoms with E-state index in [1.807, 2.05) is 21.1 Å². The second kappa shape index (κ2) is 45.3. The van der Waals surface area contributed by atoms with Gasteiger partial charge in [-0.15, -0.1) is 0 Å². The van der Waals surface area contributed by atoms with E-state index in [4.69, 9.17) is 18.5 Å². The summed E-state index contributed by atoms with van der Waals surface area (Å²) < 4.78 is 35.2. The van der Waals surface area contributed by atoms with E-state index in [9.17, 15) is 14.3 Å². The lowest BCUT2D eigenvalue weighted by atomic mass is 10.0. The zero-order chi connectivity index (χ0) is 44.8. The van der Waals surface area contributed by atoms with E-state index < -0.39 is 13.9 Å². The quantitative estimate of drug-likeness (QED) is 0.0214. The highest BCUT2D eigenvalue weighted by Crippen LogP contribution is 2.43. The lowest BCUT2D eigenvalue weighted by Gasteiger charge is -2.24. The molecule has 0 bridgehead atoms. The predicted molar refractivity (Wildman–Crippen MR) is 261 cm³/mol. The number of phosphoric ester groups is 1. The second-order valence-electron chi connectivity index (χ2n) is 18.5. The third-order valence-electron chi connectivity index (χ3n) is 11.2. The number of phosphoric acid groups is 1. The molecule has 8 nitrogen and oxygen atoms in total. The molecular formula is C52H101NO7P+. The summed E-state index contributed by atoms with van der Waals surface area (Å²) in [5.74, 6) is -0.312. The molecule has 0 aliphatic rings. The van der Waals surface area contributed by atoms with Crippen LogP contribution in [0.1, 0.15) is 232 Å². The molecule has 61 heavy (non-hydrogen) atoms. The Hall–Kier alpha value is -1.28. The molecule has 360 valence electrons. The van der Waals surface area contributed by atoms with Crippen LogP contribution >= 0.6 is 7.82 Å². The first-order valence-electron chi connectivity index (χ1n) is 25.7. The summed E-state index contributed by atoms with van der Waals surface area (Å²) in [7, 11) is 1.67. The zero-order valence-corrected chi connectivity index (χ0v) is 41.8. The molecule has 0 spiro atoms. The topological polar surface area (TPSA) is 91.3 Å². The fraction of sp³-hybridized carbons (Fsp3) is 0.865.